The summed E-state index contributed by atoms with van der Waals surface area (Å²) in [6.45, 7) is 2.01. The molecule has 0 N–H and O–H groups in total. The van der Waals surface area contributed by atoms with Gasteiger partial charge >= 0.3 is 0 Å². The third-order valence-electron chi connectivity index (χ3n) is 5.38. The van der Waals surface area contributed by atoms with Crippen molar-refractivity contribution in [2.45, 2.75) is 6.92 Å². The molecule has 0 fully saturated rings. The standard InChI is InChI=1S/C28H19N3O2S/c1-18-16-17-21-20-10-5-11-22(27(20)34-28(21)29-18)23-12-6-13-24(30-23)33-26-15-7-14-25(31-26)32-19-8-3-2-4-9-19/h2-17H,1H3. The van der Waals surface area contributed by atoms with E-state index in [0.717, 1.165) is 26.5 Å². The van der Waals surface area contributed by atoms with Gasteiger partial charge in [-0.25, -0.2) is 9.97 Å². The van der Waals surface area contributed by atoms with Crippen molar-refractivity contribution in [2.24, 2.45) is 0 Å². The topological polar surface area (TPSA) is 57.1 Å². The molecule has 0 saturated heterocycles. The van der Waals surface area contributed by atoms with E-state index >= 15 is 0 Å². The maximum absolute atomic E-state index is 5.99. The van der Waals surface area contributed by atoms with Gasteiger partial charge in [0.15, 0.2) is 0 Å². The number of aromatic nitrogens is 3. The Hall–Kier alpha value is -4.29. The molecular weight excluding hydrogens is 442 g/mol. The van der Waals surface area contributed by atoms with Crippen LogP contribution >= 0.6 is 11.3 Å². The van der Waals surface area contributed by atoms with Crippen molar-refractivity contribution >= 4 is 31.6 Å². The number of ether oxygens (including phenoxy) is 2. The maximum atomic E-state index is 5.99. The third kappa shape index (κ3) is 3.95. The molecule has 164 valence electrons. The molecule has 0 bridgehead atoms. The van der Waals surface area contributed by atoms with Crippen LogP contribution in [0.5, 0.6) is 23.4 Å². The number of rotatable bonds is 5. The highest BCUT2D eigenvalue weighted by atomic mass is 32.1. The summed E-state index contributed by atoms with van der Waals surface area (Å²) >= 11 is 1.69. The predicted octanol–water partition coefficient (Wildman–Crippen LogP) is 7.80. The van der Waals surface area contributed by atoms with Gasteiger partial charge in [0.25, 0.3) is 0 Å². The lowest BCUT2D eigenvalue weighted by Crippen LogP contribution is -1.94. The van der Waals surface area contributed by atoms with Gasteiger partial charge in [-0.3, -0.25) is 0 Å². The summed E-state index contributed by atoms with van der Waals surface area (Å²) in [5.74, 6) is 2.05. The van der Waals surface area contributed by atoms with Gasteiger partial charge in [0.1, 0.15) is 10.6 Å². The largest absolute Gasteiger partial charge is 0.439 e. The minimum atomic E-state index is 0.415. The molecule has 0 spiro atoms. The molecule has 0 aliphatic rings. The Kier molecular flexibility index (Phi) is 5.13. The molecule has 0 atom stereocenters. The first-order valence-corrected chi connectivity index (χ1v) is 11.7. The number of nitrogens with zero attached hydrogens (tertiary/aromatic N) is 3. The van der Waals surface area contributed by atoms with Crippen molar-refractivity contribution in [3.8, 4) is 34.6 Å². The average Bonchev–Trinajstić information content (AvgIpc) is 3.23. The molecule has 2 aromatic carbocycles. The number of hydrogen-bond donors (Lipinski definition) is 0. The van der Waals surface area contributed by atoms with Crippen LogP contribution in [-0.2, 0) is 0 Å². The van der Waals surface area contributed by atoms with E-state index in [4.69, 9.17) is 19.4 Å². The zero-order chi connectivity index (χ0) is 22.9. The zero-order valence-electron chi connectivity index (χ0n) is 18.3. The summed E-state index contributed by atoms with van der Waals surface area (Å²) in [6.07, 6.45) is 0. The van der Waals surface area contributed by atoms with Crippen LogP contribution in [0.4, 0.5) is 0 Å². The van der Waals surface area contributed by atoms with Crippen molar-refractivity contribution in [2.75, 3.05) is 0 Å². The van der Waals surface area contributed by atoms with Gasteiger partial charge < -0.3 is 9.47 Å². The fourth-order valence-corrected chi connectivity index (χ4v) is 5.06. The first kappa shape index (κ1) is 20.3. The van der Waals surface area contributed by atoms with Crippen molar-refractivity contribution in [3.05, 3.63) is 103 Å². The number of hydrogen-bond acceptors (Lipinski definition) is 6. The Morgan fingerprint density at radius 2 is 1.32 bits per heavy atom. The molecule has 0 aliphatic carbocycles. The molecule has 5 nitrogen and oxygen atoms in total. The lowest BCUT2D eigenvalue weighted by atomic mass is 10.1. The van der Waals surface area contributed by atoms with Crippen molar-refractivity contribution in [1.82, 2.24) is 15.0 Å². The highest BCUT2D eigenvalue weighted by Gasteiger charge is 2.13. The van der Waals surface area contributed by atoms with Gasteiger partial charge in [-0.1, -0.05) is 48.5 Å². The van der Waals surface area contributed by atoms with E-state index in [1.807, 2.05) is 61.5 Å². The molecule has 0 radical (unpaired) electrons. The molecule has 6 heteroatoms. The normalized spacial score (nSPS) is 11.1. The van der Waals surface area contributed by atoms with Gasteiger partial charge in [-0.05, 0) is 37.3 Å². The molecular formula is C28H19N3O2S. The highest BCUT2D eigenvalue weighted by Crippen LogP contribution is 2.39. The van der Waals surface area contributed by atoms with Crippen molar-refractivity contribution in [1.29, 1.82) is 0 Å². The monoisotopic (exact) mass is 461 g/mol. The highest BCUT2D eigenvalue weighted by molar-refractivity contribution is 7.26. The summed E-state index contributed by atoms with van der Waals surface area (Å²) in [5, 5.41) is 2.35. The van der Waals surface area contributed by atoms with E-state index in [1.165, 1.54) is 10.8 Å². The SMILES string of the molecule is Cc1ccc2c(n1)sc1c(-c3cccc(Oc4cccc(Oc5ccccc5)n4)n3)cccc12. The second kappa shape index (κ2) is 8.57. The van der Waals surface area contributed by atoms with E-state index in [2.05, 4.69) is 35.3 Å². The molecule has 0 saturated carbocycles. The van der Waals surface area contributed by atoms with Crippen LogP contribution in [0.15, 0.2) is 97.1 Å². The van der Waals surface area contributed by atoms with Gasteiger partial charge in [-0.2, -0.15) is 4.98 Å². The van der Waals surface area contributed by atoms with E-state index < -0.39 is 0 Å². The second-order valence-electron chi connectivity index (χ2n) is 7.78. The first-order chi connectivity index (χ1) is 16.7. The van der Waals surface area contributed by atoms with Gasteiger partial charge in [-0.15, -0.1) is 11.3 Å². The number of pyridine rings is 3. The second-order valence-corrected chi connectivity index (χ2v) is 8.78. The molecule has 4 aromatic heterocycles. The van der Waals surface area contributed by atoms with E-state index in [1.54, 1.807) is 23.5 Å². The van der Waals surface area contributed by atoms with E-state index in [-0.39, 0.29) is 0 Å². The van der Waals surface area contributed by atoms with Crippen LogP contribution in [0.2, 0.25) is 0 Å². The number of benzene rings is 2. The summed E-state index contributed by atoms with van der Waals surface area (Å²) in [6, 6.07) is 31.2. The Bertz CT molecular complexity index is 1630. The Morgan fingerprint density at radius 1 is 0.588 bits per heavy atom. The summed E-state index contributed by atoms with van der Waals surface area (Å²) in [5.41, 5.74) is 2.90. The molecule has 0 amide bonds. The molecule has 0 unspecified atom stereocenters. The Labute approximate surface area is 200 Å². The van der Waals surface area contributed by atoms with Gasteiger partial charge in [0, 0.05) is 44.9 Å². The lowest BCUT2D eigenvalue weighted by Gasteiger charge is -2.09. The molecule has 4 heterocycles. The van der Waals surface area contributed by atoms with Crippen LogP contribution in [-0.4, -0.2) is 15.0 Å². The third-order valence-corrected chi connectivity index (χ3v) is 6.52. The summed E-state index contributed by atoms with van der Waals surface area (Å²) < 4.78 is 13.0. The van der Waals surface area contributed by atoms with Crippen LogP contribution in [0, 0.1) is 6.92 Å². The first-order valence-electron chi connectivity index (χ1n) is 10.9. The van der Waals surface area contributed by atoms with Gasteiger partial charge in [0.2, 0.25) is 17.6 Å². The lowest BCUT2D eigenvalue weighted by molar-refractivity contribution is 0.417. The Balaban J connectivity index is 1.32. The minimum absolute atomic E-state index is 0.415. The molecule has 6 aromatic rings. The number of thiophene rings is 1. The van der Waals surface area contributed by atoms with Crippen molar-refractivity contribution in [3.63, 3.8) is 0 Å². The number of aryl methyl sites for hydroxylation is 1. The fourth-order valence-electron chi connectivity index (χ4n) is 3.82. The van der Waals surface area contributed by atoms with Crippen LogP contribution in [0.25, 0.3) is 31.6 Å². The summed E-state index contributed by atoms with van der Waals surface area (Å²) in [7, 11) is 0. The van der Waals surface area contributed by atoms with Crippen LogP contribution in [0.1, 0.15) is 5.69 Å². The van der Waals surface area contributed by atoms with Gasteiger partial charge in [0.05, 0.1) is 5.69 Å². The minimum Gasteiger partial charge on any atom is -0.439 e. The van der Waals surface area contributed by atoms with Crippen LogP contribution < -0.4 is 9.47 Å². The molecule has 0 aliphatic heterocycles. The number of para-hydroxylation sites is 1. The predicted molar refractivity (Wildman–Crippen MR) is 136 cm³/mol. The van der Waals surface area contributed by atoms with Crippen molar-refractivity contribution < 1.29 is 9.47 Å². The average molecular weight is 462 g/mol. The zero-order valence-corrected chi connectivity index (χ0v) is 19.1. The maximum Gasteiger partial charge on any atom is 0.224 e. The summed E-state index contributed by atoms with van der Waals surface area (Å²) in [4.78, 5) is 15.0. The Morgan fingerprint density at radius 3 is 2.18 bits per heavy atom. The number of fused-ring (bicyclic) bond motifs is 3. The van der Waals surface area contributed by atoms with E-state index in [0.29, 0.717) is 23.4 Å². The smallest absolute Gasteiger partial charge is 0.224 e. The quantitative estimate of drug-likeness (QED) is 0.262. The fraction of sp³-hybridized carbons (Fsp3) is 0.0357. The van der Waals surface area contributed by atoms with Crippen LogP contribution in [0.3, 0.4) is 0 Å². The van der Waals surface area contributed by atoms with E-state index in [9.17, 15) is 0 Å². The molecule has 6 rings (SSSR count). The molecule has 34 heavy (non-hydrogen) atoms.